The van der Waals surface area contributed by atoms with Crippen LogP contribution in [0.3, 0.4) is 0 Å². The van der Waals surface area contributed by atoms with Crippen molar-refractivity contribution in [2.75, 3.05) is 0 Å². The lowest BCUT2D eigenvalue weighted by molar-refractivity contribution is -0.137. The summed E-state index contributed by atoms with van der Waals surface area (Å²) >= 11 is 0. The molecule has 0 aliphatic rings. The van der Waals surface area contributed by atoms with E-state index >= 15 is 0 Å². The summed E-state index contributed by atoms with van der Waals surface area (Å²) in [4.78, 5) is 0. The fourth-order valence-corrected chi connectivity index (χ4v) is 1.12. The van der Waals surface area contributed by atoms with Gasteiger partial charge in [-0.15, -0.1) is 0 Å². The van der Waals surface area contributed by atoms with Gasteiger partial charge in [0.15, 0.2) is 0 Å². The molecule has 1 nitrogen and oxygen atoms in total. The van der Waals surface area contributed by atoms with Crippen molar-refractivity contribution >= 4 is 7.85 Å². The first-order valence-corrected chi connectivity index (χ1v) is 4.08. The van der Waals surface area contributed by atoms with E-state index in [0.29, 0.717) is 11.9 Å². The van der Waals surface area contributed by atoms with Crippen molar-refractivity contribution in [3.05, 3.63) is 34.9 Å². The first kappa shape index (κ1) is 10.6. The topological polar surface area (TPSA) is 23.8 Å². The quantitative estimate of drug-likeness (QED) is 0.628. The standard InChI is InChI=1S/C9H7BF3N/c10-4-6-1-7(5-14)3-8(2-6)9(11,12)13/h1-3H,4,10H2. The Balaban J connectivity index is 3.26. The normalized spacial score (nSPS) is 11.0. The molecule has 0 saturated carbocycles. The lowest BCUT2D eigenvalue weighted by atomic mass is 9.94. The van der Waals surface area contributed by atoms with Crippen LogP contribution in [0.5, 0.6) is 0 Å². The summed E-state index contributed by atoms with van der Waals surface area (Å²) in [7, 11) is 1.75. The Morgan fingerprint density at radius 3 is 2.36 bits per heavy atom. The lowest BCUT2D eigenvalue weighted by Gasteiger charge is -2.08. The zero-order valence-electron chi connectivity index (χ0n) is 7.52. The second-order valence-corrected chi connectivity index (χ2v) is 2.88. The van der Waals surface area contributed by atoms with Gasteiger partial charge in [-0.1, -0.05) is 11.9 Å². The molecule has 0 bridgehead atoms. The molecule has 14 heavy (non-hydrogen) atoms. The first-order chi connectivity index (χ1) is 6.47. The van der Waals surface area contributed by atoms with E-state index in [0.717, 1.165) is 12.1 Å². The van der Waals surface area contributed by atoms with E-state index in [4.69, 9.17) is 5.26 Å². The molecule has 1 aromatic rings. The van der Waals surface area contributed by atoms with Crippen LogP contribution in [-0.2, 0) is 12.5 Å². The van der Waals surface area contributed by atoms with Crippen LogP contribution in [0, 0.1) is 11.3 Å². The third-order valence-electron chi connectivity index (χ3n) is 1.86. The second kappa shape index (κ2) is 3.75. The summed E-state index contributed by atoms with van der Waals surface area (Å²) in [6.07, 6.45) is -3.89. The first-order valence-electron chi connectivity index (χ1n) is 4.08. The maximum Gasteiger partial charge on any atom is 0.416 e. The molecule has 0 unspecified atom stereocenters. The van der Waals surface area contributed by atoms with Gasteiger partial charge in [0.25, 0.3) is 0 Å². The van der Waals surface area contributed by atoms with Gasteiger partial charge in [0.2, 0.25) is 0 Å². The van der Waals surface area contributed by atoms with E-state index in [1.807, 2.05) is 0 Å². The number of hydrogen-bond donors (Lipinski definition) is 0. The molecule has 0 saturated heterocycles. The molecule has 1 aromatic carbocycles. The fraction of sp³-hybridized carbons (Fsp3) is 0.222. The Labute approximate surface area is 80.6 Å². The predicted molar refractivity (Wildman–Crippen MR) is 48.4 cm³/mol. The van der Waals surface area contributed by atoms with Crippen LogP contribution in [-0.4, -0.2) is 7.85 Å². The van der Waals surface area contributed by atoms with Gasteiger partial charge < -0.3 is 0 Å². The molecular formula is C9H7BF3N. The average molecular weight is 197 g/mol. The smallest absolute Gasteiger partial charge is 0.192 e. The zero-order valence-corrected chi connectivity index (χ0v) is 7.52. The SMILES string of the molecule is BCc1cc(C#N)cc(C(F)(F)F)c1. The third kappa shape index (κ3) is 2.29. The number of nitrogens with zero attached hydrogens (tertiary/aromatic N) is 1. The molecule has 0 fully saturated rings. The monoisotopic (exact) mass is 197 g/mol. The zero-order chi connectivity index (χ0) is 10.8. The van der Waals surface area contributed by atoms with Crippen LogP contribution in [0.25, 0.3) is 0 Å². The van der Waals surface area contributed by atoms with Crippen LogP contribution in [0.1, 0.15) is 16.7 Å². The third-order valence-corrected chi connectivity index (χ3v) is 1.86. The highest BCUT2D eigenvalue weighted by atomic mass is 19.4. The maximum absolute atomic E-state index is 12.3. The van der Waals surface area contributed by atoms with E-state index in [2.05, 4.69) is 0 Å². The molecule has 72 valence electrons. The maximum atomic E-state index is 12.3. The van der Waals surface area contributed by atoms with Crippen LogP contribution < -0.4 is 0 Å². The Hall–Kier alpha value is -1.44. The van der Waals surface area contributed by atoms with Crippen LogP contribution >= 0.6 is 0 Å². The number of alkyl halides is 3. The number of hydrogen-bond acceptors (Lipinski definition) is 1. The Morgan fingerprint density at radius 1 is 1.29 bits per heavy atom. The van der Waals surface area contributed by atoms with Crippen LogP contribution in [0.2, 0.25) is 0 Å². The van der Waals surface area contributed by atoms with E-state index in [1.165, 1.54) is 6.07 Å². The number of nitriles is 1. The van der Waals surface area contributed by atoms with Gasteiger partial charge in [-0.05, 0) is 18.2 Å². The highest BCUT2D eigenvalue weighted by molar-refractivity contribution is 6.08. The lowest BCUT2D eigenvalue weighted by Crippen LogP contribution is -2.06. The van der Waals surface area contributed by atoms with Gasteiger partial charge in [-0.25, -0.2) is 0 Å². The van der Waals surface area contributed by atoms with Gasteiger partial charge in [0, 0.05) is 0 Å². The molecule has 0 spiro atoms. The summed E-state index contributed by atoms with van der Waals surface area (Å²) < 4.78 is 36.9. The fourth-order valence-electron chi connectivity index (χ4n) is 1.12. The van der Waals surface area contributed by atoms with Gasteiger partial charge in [-0.3, -0.25) is 0 Å². The molecule has 5 heteroatoms. The van der Waals surface area contributed by atoms with Crippen molar-refractivity contribution in [2.24, 2.45) is 0 Å². The second-order valence-electron chi connectivity index (χ2n) is 2.88. The molecule has 0 heterocycles. The van der Waals surface area contributed by atoms with E-state index in [-0.39, 0.29) is 5.56 Å². The van der Waals surface area contributed by atoms with Gasteiger partial charge >= 0.3 is 6.18 Å². The average Bonchev–Trinajstić information content (AvgIpc) is 2.15. The van der Waals surface area contributed by atoms with Crippen molar-refractivity contribution in [3.63, 3.8) is 0 Å². The molecule has 0 aliphatic heterocycles. The van der Waals surface area contributed by atoms with Crippen molar-refractivity contribution < 1.29 is 13.2 Å². The Morgan fingerprint density at radius 2 is 1.93 bits per heavy atom. The molecule has 0 N–H and O–H groups in total. The molecule has 1 rings (SSSR count). The Kier molecular flexibility index (Phi) is 2.85. The van der Waals surface area contributed by atoms with Crippen LogP contribution in [0.15, 0.2) is 18.2 Å². The highest BCUT2D eigenvalue weighted by Gasteiger charge is 2.30. The number of rotatable bonds is 1. The summed E-state index contributed by atoms with van der Waals surface area (Å²) in [6, 6.07) is 5.11. The molecular weight excluding hydrogens is 190 g/mol. The Bertz CT molecular complexity index is 379. The van der Waals surface area contributed by atoms with E-state index in [9.17, 15) is 13.2 Å². The van der Waals surface area contributed by atoms with Crippen molar-refractivity contribution in [2.45, 2.75) is 12.5 Å². The summed E-state index contributed by atoms with van der Waals surface area (Å²) in [5.41, 5.74) is -0.179. The van der Waals surface area contributed by atoms with Gasteiger partial charge in [-0.2, -0.15) is 18.4 Å². The van der Waals surface area contributed by atoms with Crippen molar-refractivity contribution in [1.29, 1.82) is 5.26 Å². The molecule has 0 amide bonds. The minimum Gasteiger partial charge on any atom is -0.192 e. The van der Waals surface area contributed by atoms with Crippen molar-refractivity contribution in [3.8, 4) is 6.07 Å². The molecule has 0 atom stereocenters. The number of halogens is 3. The predicted octanol–water partition coefficient (Wildman–Crippen LogP) is 1.71. The van der Waals surface area contributed by atoms with E-state index in [1.54, 1.807) is 13.9 Å². The minimum absolute atomic E-state index is 0.0525. The minimum atomic E-state index is -4.38. The summed E-state index contributed by atoms with van der Waals surface area (Å²) in [6.45, 7) is 0. The van der Waals surface area contributed by atoms with Gasteiger partial charge in [0.05, 0.1) is 17.2 Å². The molecule has 0 aliphatic carbocycles. The molecule has 0 aromatic heterocycles. The van der Waals surface area contributed by atoms with E-state index < -0.39 is 11.7 Å². The highest BCUT2D eigenvalue weighted by Crippen LogP contribution is 2.30. The molecule has 0 radical (unpaired) electrons. The number of benzene rings is 1. The summed E-state index contributed by atoms with van der Waals surface area (Å²) in [5.74, 6) is 0. The van der Waals surface area contributed by atoms with Gasteiger partial charge in [0.1, 0.15) is 7.85 Å². The van der Waals surface area contributed by atoms with Crippen molar-refractivity contribution in [1.82, 2.24) is 0 Å². The van der Waals surface area contributed by atoms with Crippen LogP contribution in [0.4, 0.5) is 13.2 Å². The largest absolute Gasteiger partial charge is 0.416 e. The summed E-state index contributed by atoms with van der Waals surface area (Å²) in [5, 5.41) is 8.53.